The third-order valence-electron chi connectivity index (χ3n) is 5.33. The molecule has 0 saturated heterocycles. The van der Waals surface area contributed by atoms with Gasteiger partial charge in [0.2, 0.25) is 0 Å². The monoisotopic (exact) mass is 372 g/mol. The average molecular weight is 372 g/mol. The molecule has 2 aromatic rings. The number of hydrogen-bond donors (Lipinski definition) is 2. The first-order valence-electron chi connectivity index (χ1n) is 9.26. The van der Waals surface area contributed by atoms with Crippen LogP contribution in [0.5, 0.6) is 5.75 Å². The van der Waals surface area contributed by atoms with Crippen molar-refractivity contribution in [2.24, 2.45) is 5.92 Å². The van der Waals surface area contributed by atoms with Gasteiger partial charge in [0.15, 0.2) is 0 Å². The average Bonchev–Trinajstić information content (AvgIpc) is 3.22. The van der Waals surface area contributed by atoms with Crippen LogP contribution in [0.2, 0.25) is 0 Å². The number of amides is 1. The number of hydrogen-bond acceptors (Lipinski definition) is 5. The summed E-state index contributed by atoms with van der Waals surface area (Å²) in [5.74, 6) is 1.13. The Labute approximate surface area is 157 Å². The summed E-state index contributed by atoms with van der Waals surface area (Å²) in [6, 6.07) is 6.09. The first-order valence-corrected chi connectivity index (χ1v) is 10.1. The smallest absolute Gasteiger partial charge is 0.263 e. The molecule has 1 amide bonds. The van der Waals surface area contributed by atoms with Gasteiger partial charge in [0.25, 0.3) is 5.91 Å². The Bertz CT molecular complexity index is 826. The lowest BCUT2D eigenvalue weighted by molar-refractivity contribution is 0.0235. The minimum Gasteiger partial charge on any atom is -0.493 e. The molecule has 0 bridgehead atoms. The maximum Gasteiger partial charge on any atom is 0.263 e. The Balaban J connectivity index is 1.59. The summed E-state index contributed by atoms with van der Waals surface area (Å²) in [6.07, 6.45) is 2.93. The second kappa shape index (κ2) is 7.00. The molecule has 138 valence electrons. The van der Waals surface area contributed by atoms with Crippen LogP contribution in [0, 0.1) is 12.8 Å². The molecule has 2 heterocycles. The Morgan fingerprint density at radius 3 is 2.96 bits per heavy atom. The molecule has 26 heavy (non-hydrogen) atoms. The number of aryl methyl sites for hydroxylation is 2. The van der Waals surface area contributed by atoms with E-state index < -0.39 is 0 Å². The summed E-state index contributed by atoms with van der Waals surface area (Å²) in [5.41, 5.74) is 3.08. The van der Waals surface area contributed by atoms with Crippen molar-refractivity contribution in [2.45, 2.75) is 51.7 Å². The number of aromatic nitrogens is 1. The third-order valence-corrected chi connectivity index (χ3v) is 6.63. The normalized spacial score (nSPS) is 22.3. The highest BCUT2D eigenvalue weighted by Crippen LogP contribution is 2.40. The predicted molar refractivity (Wildman–Crippen MR) is 101 cm³/mol. The van der Waals surface area contributed by atoms with Gasteiger partial charge in [0, 0.05) is 6.42 Å². The quantitative estimate of drug-likeness (QED) is 0.846. The lowest BCUT2D eigenvalue weighted by Crippen LogP contribution is -2.41. The molecule has 6 heteroatoms. The second-order valence-electron chi connectivity index (χ2n) is 7.18. The van der Waals surface area contributed by atoms with Crippen LogP contribution in [-0.2, 0) is 12.8 Å². The zero-order valence-electron chi connectivity index (χ0n) is 15.1. The summed E-state index contributed by atoms with van der Waals surface area (Å²) >= 11 is 1.47. The molecular formula is C20H24N2O3S. The summed E-state index contributed by atoms with van der Waals surface area (Å²) < 4.78 is 5.60. The standard InChI is InChI=1S/C20H24N2O3S/c1-3-17-21-11(2)19(26-17)20(24)22-18(14-9-15(23)10-14)13-4-5-16-12(8-13)6-7-25-16/h4-5,8,14-15,18,23H,3,6-7,9-10H2,1-2H3,(H,22,24)/t14?,15?,18-/m0/s1. The number of benzene rings is 1. The molecule has 0 radical (unpaired) electrons. The third kappa shape index (κ3) is 3.23. The van der Waals surface area contributed by atoms with Gasteiger partial charge in [-0.1, -0.05) is 13.0 Å². The topological polar surface area (TPSA) is 71.5 Å². The van der Waals surface area contributed by atoms with Crippen molar-refractivity contribution in [1.29, 1.82) is 0 Å². The molecule has 1 saturated carbocycles. The maximum atomic E-state index is 12.9. The van der Waals surface area contributed by atoms with Crippen LogP contribution in [0.4, 0.5) is 0 Å². The molecule has 1 aromatic heterocycles. The lowest BCUT2D eigenvalue weighted by Gasteiger charge is -2.38. The van der Waals surface area contributed by atoms with Crippen LogP contribution in [0.3, 0.4) is 0 Å². The largest absolute Gasteiger partial charge is 0.493 e. The fraction of sp³-hybridized carbons (Fsp3) is 0.500. The second-order valence-corrected chi connectivity index (χ2v) is 8.26. The molecule has 0 spiro atoms. The van der Waals surface area contributed by atoms with Gasteiger partial charge in [-0.15, -0.1) is 11.3 Å². The number of nitrogens with zero attached hydrogens (tertiary/aromatic N) is 1. The van der Waals surface area contributed by atoms with Crippen molar-refractivity contribution >= 4 is 17.2 Å². The minimum atomic E-state index is -0.256. The summed E-state index contributed by atoms with van der Waals surface area (Å²) in [7, 11) is 0. The Morgan fingerprint density at radius 2 is 2.27 bits per heavy atom. The molecule has 4 rings (SSSR count). The van der Waals surface area contributed by atoms with E-state index in [1.165, 1.54) is 16.9 Å². The maximum absolute atomic E-state index is 12.9. The number of fused-ring (bicyclic) bond motifs is 1. The molecule has 1 atom stereocenters. The number of rotatable bonds is 5. The highest BCUT2D eigenvalue weighted by atomic mass is 32.1. The van der Waals surface area contributed by atoms with Gasteiger partial charge in [0.1, 0.15) is 10.6 Å². The molecule has 2 aliphatic rings. The molecular weight excluding hydrogens is 348 g/mol. The van der Waals surface area contributed by atoms with Crippen molar-refractivity contribution in [3.8, 4) is 5.75 Å². The van der Waals surface area contributed by atoms with Crippen molar-refractivity contribution in [1.82, 2.24) is 10.3 Å². The Morgan fingerprint density at radius 1 is 1.46 bits per heavy atom. The van der Waals surface area contributed by atoms with E-state index >= 15 is 0 Å². The minimum absolute atomic E-state index is 0.0668. The fourth-order valence-electron chi connectivity index (χ4n) is 3.80. The van der Waals surface area contributed by atoms with Gasteiger partial charge in [0.05, 0.1) is 29.5 Å². The molecule has 1 aliphatic heterocycles. The Kier molecular flexibility index (Phi) is 4.71. The van der Waals surface area contributed by atoms with Crippen molar-refractivity contribution < 1.29 is 14.6 Å². The van der Waals surface area contributed by atoms with Crippen LogP contribution in [0.15, 0.2) is 18.2 Å². The van der Waals surface area contributed by atoms with Gasteiger partial charge in [-0.25, -0.2) is 4.98 Å². The molecule has 1 aliphatic carbocycles. The number of carbonyl (C=O) groups excluding carboxylic acids is 1. The number of carbonyl (C=O) groups is 1. The number of ether oxygens (including phenoxy) is 1. The molecule has 1 aromatic carbocycles. The summed E-state index contributed by atoms with van der Waals surface area (Å²) in [6.45, 7) is 4.66. The van der Waals surface area contributed by atoms with Crippen LogP contribution >= 0.6 is 11.3 Å². The molecule has 5 nitrogen and oxygen atoms in total. The summed E-state index contributed by atoms with van der Waals surface area (Å²) in [5, 5.41) is 14.0. The van der Waals surface area contributed by atoms with E-state index in [2.05, 4.69) is 16.4 Å². The van der Waals surface area contributed by atoms with E-state index in [9.17, 15) is 9.90 Å². The Hall–Kier alpha value is -1.92. The molecule has 0 unspecified atom stereocenters. The SMILES string of the molecule is CCc1nc(C)c(C(=O)N[C@@H](c2ccc3c(c2)CCO3)C2CC(O)C2)s1. The van der Waals surface area contributed by atoms with E-state index in [0.29, 0.717) is 4.88 Å². The zero-order valence-corrected chi connectivity index (χ0v) is 15.9. The van der Waals surface area contributed by atoms with Crippen molar-refractivity contribution in [3.05, 3.63) is 44.9 Å². The molecule has 2 N–H and O–H groups in total. The van der Waals surface area contributed by atoms with E-state index in [-0.39, 0.29) is 24.0 Å². The van der Waals surface area contributed by atoms with Crippen molar-refractivity contribution in [3.63, 3.8) is 0 Å². The highest BCUT2D eigenvalue weighted by Gasteiger charge is 2.36. The van der Waals surface area contributed by atoms with E-state index in [4.69, 9.17) is 4.74 Å². The van der Waals surface area contributed by atoms with Gasteiger partial charge in [-0.2, -0.15) is 0 Å². The number of aliphatic hydroxyl groups excluding tert-OH is 1. The van der Waals surface area contributed by atoms with Crippen LogP contribution < -0.4 is 10.1 Å². The van der Waals surface area contributed by atoms with Crippen LogP contribution in [0.1, 0.15) is 57.3 Å². The fourth-order valence-corrected chi connectivity index (χ4v) is 4.70. The van der Waals surface area contributed by atoms with E-state index in [0.717, 1.165) is 54.3 Å². The highest BCUT2D eigenvalue weighted by molar-refractivity contribution is 7.13. The van der Waals surface area contributed by atoms with Crippen LogP contribution in [-0.4, -0.2) is 28.7 Å². The van der Waals surface area contributed by atoms with Gasteiger partial charge in [-0.3, -0.25) is 4.79 Å². The van der Waals surface area contributed by atoms with E-state index in [1.54, 1.807) is 0 Å². The first kappa shape index (κ1) is 17.5. The zero-order chi connectivity index (χ0) is 18.3. The van der Waals surface area contributed by atoms with Crippen molar-refractivity contribution in [2.75, 3.05) is 6.61 Å². The van der Waals surface area contributed by atoms with E-state index in [1.807, 2.05) is 26.0 Å². The van der Waals surface area contributed by atoms with Gasteiger partial charge in [-0.05, 0) is 55.4 Å². The van der Waals surface area contributed by atoms with Gasteiger partial charge < -0.3 is 15.2 Å². The molecule has 1 fully saturated rings. The first-order chi connectivity index (χ1) is 12.5. The lowest BCUT2D eigenvalue weighted by atomic mass is 9.75. The van der Waals surface area contributed by atoms with Gasteiger partial charge >= 0.3 is 0 Å². The number of aliphatic hydroxyl groups is 1. The number of nitrogens with one attached hydrogen (secondary N) is 1. The predicted octanol–water partition coefficient (Wildman–Crippen LogP) is 3.19. The van der Waals surface area contributed by atoms with Crippen LogP contribution in [0.25, 0.3) is 0 Å². The number of thiazole rings is 1. The summed E-state index contributed by atoms with van der Waals surface area (Å²) in [4.78, 5) is 18.1.